The Balaban J connectivity index is 2.77. The Kier molecular flexibility index (Phi) is 3.16. The lowest BCUT2D eigenvalue weighted by Crippen LogP contribution is -2.15. The minimum atomic E-state index is -0.433. The monoisotopic (exact) mass is 168 g/mol. The number of rotatable bonds is 3. The molecular weight excluding hydrogens is 156 g/mol. The van der Waals surface area contributed by atoms with Crippen LogP contribution in [0.3, 0.4) is 0 Å². The van der Waals surface area contributed by atoms with Crippen molar-refractivity contribution in [2.24, 2.45) is 5.73 Å². The standard InChI is InChI=1S/C8H12N2O2/c9-7(5-12)8-2-1-6(4-11)3-10-8/h1-3,7,11-12H,4-5,9H2/t7-/m1/s1. The van der Waals surface area contributed by atoms with Crippen LogP contribution in [0.2, 0.25) is 0 Å². The van der Waals surface area contributed by atoms with E-state index in [1.54, 1.807) is 18.3 Å². The van der Waals surface area contributed by atoms with Crippen LogP contribution >= 0.6 is 0 Å². The van der Waals surface area contributed by atoms with Crippen molar-refractivity contribution in [1.29, 1.82) is 0 Å². The number of pyridine rings is 1. The van der Waals surface area contributed by atoms with E-state index < -0.39 is 6.04 Å². The van der Waals surface area contributed by atoms with E-state index in [1.165, 1.54) is 0 Å². The molecule has 4 N–H and O–H groups in total. The minimum absolute atomic E-state index is 0.0261. The van der Waals surface area contributed by atoms with E-state index in [9.17, 15) is 0 Å². The molecule has 0 aliphatic rings. The highest BCUT2D eigenvalue weighted by atomic mass is 16.3. The van der Waals surface area contributed by atoms with Crippen LogP contribution in [0, 0.1) is 0 Å². The molecule has 66 valence electrons. The zero-order chi connectivity index (χ0) is 8.97. The molecule has 1 aromatic heterocycles. The maximum Gasteiger partial charge on any atom is 0.0704 e. The Morgan fingerprint density at radius 1 is 1.42 bits per heavy atom. The Morgan fingerprint density at radius 3 is 2.58 bits per heavy atom. The molecule has 0 unspecified atom stereocenters. The number of aliphatic hydroxyl groups is 2. The van der Waals surface area contributed by atoms with Gasteiger partial charge in [-0.1, -0.05) is 6.07 Å². The number of hydrogen-bond donors (Lipinski definition) is 3. The fourth-order valence-corrected chi connectivity index (χ4v) is 0.842. The Hall–Kier alpha value is -0.970. The van der Waals surface area contributed by atoms with E-state index in [0.29, 0.717) is 5.69 Å². The Bertz CT molecular complexity index is 235. The van der Waals surface area contributed by atoms with Crippen molar-refractivity contribution in [1.82, 2.24) is 4.98 Å². The summed E-state index contributed by atoms with van der Waals surface area (Å²) in [6.45, 7) is -0.146. The van der Waals surface area contributed by atoms with Crippen molar-refractivity contribution in [3.63, 3.8) is 0 Å². The van der Waals surface area contributed by atoms with Gasteiger partial charge in [0, 0.05) is 6.20 Å². The number of aliphatic hydroxyl groups excluding tert-OH is 2. The SMILES string of the molecule is N[C@H](CO)c1ccc(CO)cn1. The van der Waals surface area contributed by atoms with Gasteiger partial charge < -0.3 is 15.9 Å². The van der Waals surface area contributed by atoms with E-state index in [-0.39, 0.29) is 13.2 Å². The zero-order valence-corrected chi connectivity index (χ0v) is 6.64. The van der Waals surface area contributed by atoms with Crippen LogP contribution in [0.15, 0.2) is 18.3 Å². The number of nitrogens with zero attached hydrogens (tertiary/aromatic N) is 1. The average molecular weight is 168 g/mol. The van der Waals surface area contributed by atoms with Gasteiger partial charge in [0.15, 0.2) is 0 Å². The zero-order valence-electron chi connectivity index (χ0n) is 6.64. The van der Waals surface area contributed by atoms with Gasteiger partial charge >= 0.3 is 0 Å². The van der Waals surface area contributed by atoms with Gasteiger partial charge in [-0.15, -0.1) is 0 Å². The summed E-state index contributed by atoms with van der Waals surface area (Å²) in [5, 5.41) is 17.4. The molecule has 4 heteroatoms. The molecule has 1 atom stereocenters. The van der Waals surface area contributed by atoms with Gasteiger partial charge in [-0.05, 0) is 11.6 Å². The molecule has 0 spiro atoms. The summed E-state index contributed by atoms with van der Waals surface area (Å²) >= 11 is 0. The predicted molar refractivity (Wildman–Crippen MR) is 44.2 cm³/mol. The predicted octanol–water partition coefficient (Wildman–Crippen LogP) is -0.434. The molecular formula is C8H12N2O2. The fraction of sp³-hybridized carbons (Fsp3) is 0.375. The van der Waals surface area contributed by atoms with Crippen LogP contribution < -0.4 is 5.73 Å². The van der Waals surface area contributed by atoms with Crippen molar-refractivity contribution in [2.75, 3.05) is 6.61 Å². The second-order valence-corrected chi connectivity index (χ2v) is 2.54. The van der Waals surface area contributed by atoms with E-state index in [4.69, 9.17) is 15.9 Å². The lowest BCUT2D eigenvalue weighted by Gasteiger charge is -2.06. The molecule has 0 fully saturated rings. The third-order valence-electron chi connectivity index (χ3n) is 1.61. The second kappa shape index (κ2) is 4.15. The topological polar surface area (TPSA) is 79.4 Å². The first-order chi connectivity index (χ1) is 5.77. The molecule has 0 aromatic carbocycles. The van der Waals surface area contributed by atoms with Crippen LogP contribution in [0.4, 0.5) is 0 Å². The van der Waals surface area contributed by atoms with Crippen LogP contribution in [-0.2, 0) is 6.61 Å². The summed E-state index contributed by atoms with van der Waals surface area (Å²) in [5.74, 6) is 0. The molecule has 0 aliphatic heterocycles. The number of nitrogens with two attached hydrogens (primary N) is 1. The summed E-state index contributed by atoms with van der Waals surface area (Å²) < 4.78 is 0. The van der Waals surface area contributed by atoms with Crippen LogP contribution in [0.25, 0.3) is 0 Å². The van der Waals surface area contributed by atoms with Crippen molar-refractivity contribution in [2.45, 2.75) is 12.6 Å². The van der Waals surface area contributed by atoms with Crippen molar-refractivity contribution >= 4 is 0 Å². The van der Waals surface area contributed by atoms with Gasteiger partial charge in [0.2, 0.25) is 0 Å². The lowest BCUT2D eigenvalue weighted by atomic mass is 10.2. The highest BCUT2D eigenvalue weighted by Gasteiger charge is 2.04. The van der Waals surface area contributed by atoms with Gasteiger partial charge in [-0.3, -0.25) is 4.98 Å². The quantitative estimate of drug-likeness (QED) is 0.572. The third kappa shape index (κ3) is 2.01. The van der Waals surface area contributed by atoms with Crippen molar-refractivity contribution in [3.05, 3.63) is 29.6 Å². The first kappa shape index (κ1) is 9.12. The minimum Gasteiger partial charge on any atom is -0.394 e. The Morgan fingerprint density at radius 2 is 2.17 bits per heavy atom. The molecule has 12 heavy (non-hydrogen) atoms. The van der Waals surface area contributed by atoms with Crippen LogP contribution in [0.1, 0.15) is 17.3 Å². The maximum absolute atomic E-state index is 8.70. The van der Waals surface area contributed by atoms with Crippen molar-refractivity contribution < 1.29 is 10.2 Å². The molecule has 0 amide bonds. The third-order valence-corrected chi connectivity index (χ3v) is 1.61. The number of hydrogen-bond acceptors (Lipinski definition) is 4. The summed E-state index contributed by atoms with van der Waals surface area (Å²) in [6.07, 6.45) is 1.55. The first-order valence-electron chi connectivity index (χ1n) is 3.70. The molecule has 0 radical (unpaired) electrons. The molecule has 0 saturated carbocycles. The molecule has 1 aromatic rings. The molecule has 4 nitrogen and oxygen atoms in total. The summed E-state index contributed by atoms with van der Waals surface area (Å²) in [6, 6.07) is 3.00. The van der Waals surface area contributed by atoms with Crippen LogP contribution in [0.5, 0.6) is 0 Å². The number of aromatic nitrogens is 1. The smallest absolute Gasteiger partial charge is 0.0704 e. The molecule has 0 aliphatic carbocycles. The second-order valence-electron chi connectivity index (χ2n) is 2.54. The fourth-order valence-electron chi connectivity index (χ4n) is 0.842. The van der Waals surface area contributed by atoms with E-state index in [1.807, 2.05) is 0 Å². The normalized spacial score (nSPS) is 12.9. The van der Waals surface area contributed by atoms with Gasteiger partial charge in [0.1, 0.15) is 0 Å². The summed E-state index contributed by atoms with van der Waals surface area (Å²) in [5.41, 5.74) is 6.88. The highest BCUT2D eigenvalue weighted by Crippen LogP contribution is 2.06. The van der Waals surface area contributed by atoms with Crippen molar-refractivity contribution in [3.8, 4) is 0 Å². The van der Waals surface area contributed by atoms with Gasteiger partial charge in [-0.2, -0.15) is 0 Å². The molecule has 0 bridgehead atoms. The first-order valence-corrected chi connectivity index (χ1v) is 3.70. The highest BCUT2D eigenvalue weighted by molar-refractivity contribution is 5.15. The van der Waals surface area contributed by atoms with Gasteiger partial charge in [0.25, 0.3) is 0 Å². The summed E-state index contributed by atoms with van der Waals surface area (Å²) in [7, 11) is 0. The maximum atomic E-state index is 8.70. The van der Waals surface area contributed by atoms with Gasteiger partial charge in [0.05, 0.1) is 24.9 Å². The molecule has 1 heterocycles. The summed E-state index contributed by atoms with van der Waals surface area (Å²) in [4.78, 5) is 3.98. The largest absolute Gasteiger partial charge is 0.394 e. The van der Waals surface area contributed by atoms with E-state index in [0.717, 1.165) is 5.56 Å². The lowest BCUT2D eigenvalue weighted by molar-refractivity contribution is 0.265. The Labute approximate surface area is 70.7 Å². The van der Waals surface area contributed by atoms with E-state index in [2.05, 4.69) is 4.98 Å². The molecule has 1 rings (SSSR count). The van der Waals surface area contributed by atoms with E-state index >= 15 is 0 Å². The van der Waals surface area contributed by atoms with Gasteiger partial charge in [-0.25, -0.2) is 0 Å². The van der Waals surface area contributed by atoms with Crippen LogP contribution in [-0.4, -0.2) is 21.8 Å². The molecule has 0 saturated heterocycles. The average Bonchev–Trinajstić information content (AvgIpc) is 2.17.